The van der Waals surface area contributed by atoms with E-state index in [1.807, 2.05) is 30.5 Å². The Bertz CT molecular complexity index is 1060. The summed E-state index contributed by atoms with van der Waals surface area (Å²) in [6.45, 7) is 0.501. The molecule has 1 aromatic carbocycles. The molecule has 0 aliphatic heterocycles. The Morgan fingerprint density at radius 2 is 1.82 bits per heavy atom. The highest BCUT2D eigenvalue weighted by atomic mass is 19.3. The number of benzene rings is 1. The molecule has 0 spiro atoms. The van der Waals surface area contributed by atoms with Gasteiger partial charge in [0.05, 0.1) is 12.7 Å². The van der Waals surface area contributed by atoms with E-state index in [0.717, 1.165) is 22.6 Å². The van der Waals surface area contributed by atoms with E-state index in [1.165, 1.54) is 0 Å². The third-order valence-electron chi connectivity index (χ3n) is 4.03. The van der Waals surface area contributed by atoms with Gasteiger partial charge in [-0.15, -0.1) is 15.3 Å². The van der Waals surface area contributed by atoms with E-state index in [0.29, 0.717) is 12.1 Å². The summed E-state index contributed by atoms with van der Waals surface area (Å²) < 4.78 is 31.7. The van der Waals surface area contributed by atoms with Gasteiger partial charge in [-0.05, 0) is 29.8 Å². The van der Waals surface area contributed by atoms with E-state index in [-0.39, 0.29) is 5.89 Å². The summed E-state index contributed by atoms with van der Waals surface area (Å²) in [5.74, 6) is 0.145. The van der Waals surface area contributed by atoms with E-state index in [9.17, 15) is 8.78 Å². The fraction of sp³-hybridized carbons (Fsp3) is 0.167. The van der Waals surface area contributed by atoms with E-state index < -0.39 is 12.3 Å². The van der Waals surface area contributed by atoms with Crippen molar-refractivity contribution in [2.75, 3.05) is 12.4 Å². The van der Waals surface area contributed by atoms with Crippen molar-refractivity contribution < 1.29 is 13.2 Å². The first-order chi connectivity index (χ1) is 13.6. The summed E-state index contributed by atoms with van der Waals surface area (Å²) in [4.78, 5) is 4.26. The predicted molar refractivity (Wildman–Crippen MR) is 96.6 cm³/mol. The summed E-state index contributed by atoms with van der Waals surface area (Å²) in [5.41, 5.74) is 3.11. The van der Waals surface area contributed by atoms with Gasteiger partial charge in [0.2, 0.25) is 5.89 Å². The summed E-state index contributed by atoms with van der Waals surface area (Å²) in [5, 5.41) is 18.2. The van der Waals surface area contributed by atoms with Crippen LogP contribution in [0.5, 0.6) is 0 Å². The molecule has 4 aromatic rings. The highest BCUT2D eigenvalue weighted by molar-refractivity contribution is 5.58. The van der Waals surface area contributed by atoms with Crippen LogP contribution >= 0.6 is 0 Å². The molecule has 8 nitrogen and oxygen atoms in total. The van der Waals surface area contributed by atoms with Crippen molar-refractivity contribution in [2.45, 2.75) is 13.0 Å². The lowest BCUT2D eigenvalue weighted by molar-refractivity contribution is 0.116. The van der Waals surface area contributed by atoms with Crippen LogP contribution in [-0.2, 0) is 6.54 Å². The standard InChI is InChI=1S/C18H15F2N7O/c1-21-15-7-6-13(8-22-15)14-10-27(26-23-14)9-11-2-4-12(5-3-11)17-24-25-18(28-17)16(19)20/h2-8,10,16H,9H2,1H3,(H,21,22). The third kappa shape index (κ3) is 3.70. The van der Waals surface area contributed by atoms with Crippen LogP contribution in [0.4, 0.5) is 14.6 Å². The molecule has 0 atom stereocenters. The second-order valence-corrected chi connectivity index (χ2v) is 5.93. The van der Waals surface area contributed by atoms with Gasteiger partial charge < -0.3 is 9.73 Å². The quantitative estimate of drug-likeness (QED) is 0.545. The van der Waals surface area contributed by atoms with Gasteiger partial charge in [0.15, 0.2) is 0 Å². The molecule has 0 saturated carbocycles. The van der Waals surface area contributed by atoms with Crippen molar-refractivity contribution in [1.82, 2.24) is 30.2 Å². The summed E-state index contributed by atoms with van der Waals surface area (Å²) in [6.07, 6.45) is 0.774. The fourth-order valence-electron chi connectivity index (χ4n) is 2.58. The highest BCUT2D eigenvalue weighted by Gasteiger charge is 2.16. The van der Waals surface area contributed by atoms with Crippen LogP contribution in [0.2, 0.25) is 0 Å². The molecule has 0 amide bonds. The molecule has 10 heteroatoms. The van der Waals surface area contributed by atoms with Crippen LogP contribution in [0.3, 0.4) is 0 Å². The first-order valence-electron chi connectivity index (χ1n) is 8.37. The minimum absolute atomic E-state index is 0.0578. The van der Waals surface area contributed by atoms with Gasteiger partial charge in [-0.25, -0.2) is 9.67 Å². The van der Waals surface area contributed by atoms with Crippen LogP contribution < -0.4 is 5.32 Å². The van der Waals surface area contributed by atoms with Gasteiger partial charge in [0.1, 0.15) is 11.5 Å². The van der Waals surface area contributed by atoms with Gasteiger partial charge in [0.25, 0.3) is 5.89 Å². The molecule has 4 rings (SSSR count). The van der Waals surface area contributed by atoms with Crippen molar-refractivity contribution in [2.24, 2.45) is 0 Å². The first-order valence-corrected chi connectivity index (χ1v) is 8.37. The zero-order valence-electron chi connectivity index (χ0n) is 14.8. The minimum Gasteiger partial charge on any atom is -0.415 e. The lowest BCUT2D eigenvalue weighted by atomic mass is 10.1. The van der Waals surface area contributed by atoms with Crippen LogP contribution in [0.15, 0.2) is 53.2 Å². The van der Waals surface area contributed by atoms with E-state index in [4.69, 9.17) is 4.42 Å². The zero-order chi connectivity index (χ0) is 19.5. The van der Waals surface area contributed by atoms with E-state index in [1.54, 1.807) is 30.1 Å². The van der Waals surface area contributed by atoms with Gasteiger partial charge in [-0.2, -0.15) is 8.78 Å². The Labute approximate surface area is 158 Å². The topological polar surface area (TPSA) is 94.6 Å². The molecule has 0 aliphatic rings. The number of alkyl halides is 2. The number of anilines is 1. The zero-order valence-corrected chi connectivity index (χ0v) is 14.8. The maximum absolute atomic E-state index is 12.5. The Kier molecular flexibility index (Phi) is 4.75. The Morgan fingerprint density at radius 1 is 1.04 bits per heavy atom. The SMILES string of the molecule is CNc1ccc(-c2cn(Cc3ccc(-c4nnc(C(F)F)o4)cc3)nn2)cn1. The number of hydrogen-bond donors (Lipinski definition) is 1. The maximum atomic E-state index is 12.5. The Balaban J connectivity index is 1.46. The van der Waals surface area contributed by atoms with Gasteiger partial charge in [-0.3, -0.25) is 0 Å². The summed E-state index contributed by atoms with van der Waals surface area (Å²) in [6, 6.07) is 10.9. The molecule has 0 saturated heterocycles. The predicted octanol–water partition coefficient (Wildman–Crippen LogP) is 3.42. The molecule has 142 valence electrons. The molecule has 0 unspecified atom stereocenters. The van der Waals surface area contributed by atoms with Gasteiger partial charge in [-0.1, -0.05) is 17.3 Å². The monoisotopic (exact) mass is 383 g/mol. The molecule has 0 aliphatic carbocycles. The van der Waals surface area contributed by atoms with E-state index in [2.05, 4.69) is 30.8 Å². The number of aromatic nitrogens is 6. The molecular weight excluding hydrogens is 368 g/mol. The van der Waals surface area contributed by atoms with Crippen molar-refractivity contribution in [3.05, 3.63) is 60.2 Å². The van der Waals surface area contributed by atoms with Crippen LogP contribution in [0, 0.1) is 0 Å². The van der Waals surface area contributed by atoms with Crippen molar-refractivity contribution >= 4 is 5.82 Å². The number of rotatable bonds is 6. The minimum atomic E-state index is -2.79. The Morgan fingerprint density at radius 3 is 2.46 bits per heavy atom. The van der Waals surface area contributed by atoms with Crippen molar-refractivity contribution in [1.29, 1.82) is 0 Å². The largest absolute Gasteiger partial charge is 0.415 e. The summed E-state index contributed by atoms with van der Waals surface area (Å²) in [7, 11) is 1.81. The third-order valence-corrected chi connectivity index (χ3v) is 4.03. The molecule has 3 aromatic heterocycles. The number of pyridine rings is 1. The first kappa shape index (κ1) is 17.7. The second-order valence-electron chi connectivity index (χ2n) is 5.93. The van der Waals surface area contributed by atoms with Crippen molar-refractivity contribution in [3.63, 3.8) is 0 Å². The molecule has 1 N–H and O–H groups in total. The Hall–Kier alpha value is -3.69. The van der Waals surface area contributed by atoms with Crippen LogP contribution in [0.1, 0.15) is 17.9 Å². The number of hydrogen-bond acceptors (Lipinski definition) is 7. The number of halogens is 2. The molecule has 0 radical (unpaired) electrons. The average molecular weight is 383 g/mol. The lowest BCUT2D eigenvalue weighted by Crippen LogP contribution is -2.00. The number of nitrogens with zero attached hydrogens (tertiary/aromatic N) is 6. The van der Waals surface area contributed by atoms with Gasteiger partial charge >= 0.3 is 6.43 Å². The lowest BCUT2D eigenvalue weighted by Gasteiger charge is -2.02. The van der Waals surface area contributed by atoms with Gasteiger partial charge in [0, 0.05) is 24.4 Å². The molecular formula is C18H15F2N7O. The van der Waals surface area contributed by atoms with Crippen molar-refractivity contribution in [3.8, 4) is 22.7 Å². The molecule has 0 fully saturated rings. The highest BCUT2D eigenvalue weighted by Crippen LogP contribution is 2.23. The normalized spacial score (nSPS) is 11.1. The number of nitrogens with one attached hydrogen (secondary N) is 1. The molecule has 0 bridgehead atoms. The fourth-order valence-corrected chi connectivity index (χ4v) is 2.58. The van der Waals surface area contributed by atoms with E-state index >= 15 is 0 Å². The summed E-state index contributed by atoms with van der Waals surface area (Å²) >= 11 is 0. The average Bonchev–Trinajstić information content (AvgIpc) is 3.39. The second kappa shape index (κ2) is 7.51. The van der Waals surface area contributed by atoms with Crippen LogP contribution in [0.25, 0.3) is 22.7 Å². The molecule has 28 heavy (non-hydrogen) atoms. The smallest absolute Gasteiger partial charge is 0.314 e. The van der Waals surface area contributed by atoms with Crippen LogP contribution in [-0.4, -0.2) is 37.2 Å². The molecule has 3 heterocycles. The maximum Gasteiger partial charge on any atom is 0.314 e.